The molecule has 2 rings (SSSR count). The van der Waals surface area contributed by atoms with Crippen molar-refractivity contribution in [1.82, 2.24) is 10.2 Å². The molecule has 2 fully saturated rings. The molecule has 1 aliphatic heterocycles. The van der Waals surface area contributed by atoms with Crippen molar-refractivity contribution in [1.29, 1.82) is 5.41 Å². The molecule has 1 aliphatic carbocycles. The number of hydrogen-bond acceptors (Lipinski definition) is 6. The molecule has 4 N–H and O–H groups in total. The zero-order chi connectivity index (χ0) is 18.0. The summed E-state index contributed by atoms with van der Waals surface area (Å²) in [6.45, 7) is 5.91. The van der Waals surface area contributed by atoms with Gasteiger partial charge in [0.1, 0.15) is 5.60 Å². The number of carbonyl (C=O) groups excluding carboxylic acids is 1. The van der Waals surface area contributed by atoms with E-state index in [1.54, 1.807) is 13.8 Å². The van der Waals surface area contributed by atoms with Gasteiger partial charge in [0.05, 0.1) is 11.3 Å². The Bertz CT molecular complexity index is 520. The number of ether oxygens (including phenoxy) is 1. The lowest BCUT2D eigenvalue weighted by Crippen LogP contribution is -2.54. The number of carbonyl (C=O) groups is 1. The van der Waals surface area contributed by atoms with Crippen molar-refractivity contribution >= 4 is 11.6 Å². The molecular formula is C17H29N3O4. The zero-order valence-corrected chi connectivity index (χ0v) is 14.8. The van der Waals surface area contributed by atoms with Gasteiger partial charge in [0.2, 0.25) is 5.91 Å². The zero-order valence-electron chi connectivity index (χ0n) is 14.8. The third-order valence-electron chi connectivity index (χ3n) is 5.13. The average Bonchev–Trinajstić information content (AvgIpc) is 3.27. The van der Waals surface area contributed by atoms with E-state index in [-0.39, 0.29) is 11.6 Å². The van der Waals surface area contributed by atoms with Crippen molar-refractivity contribution in [3.63, 3.8) is 0 Å². The topological polar surface area (TPSA) is 106 Å². The van der Waals surface area contributed by atoms with Gasteiger partial charge in [0.15, 0.2) is 5.88 Å². The van der Waals surface area contributed by atoms with Crippen LogP contribution < -0.4 is 5.32 Å². The van der Waals surface area contributed by atoms with Gasteiger partial charge >= 0.3 is 0 Å². The Hall–Kier alpha value is -1.44. The maximum atomic E-state index is 12.5. The number of nitrogens with one attached hydrogen (secondary N) is 2. The third kappa shape index (κ3) is 4.55. The maximum absolute atomic E-state index is 12.5. The van der Waals surface area contributed by atoms with Crippen molar-refractivity contribution < 1.29 is 19.7 Å². The molecule has 7 nitrogen and oxygen atoms in total. The lowest BCUT2D eigenvalue weighted by Gasteiger charge is -2.37. The molecular weight excluding hydrogens is 310 g/mol. The summed E-state index contributed by atoms with van der Waals surface area (Å²) in [5.74, 6) is -0.253. The van der Waals surface area contributed by atoms with Crippen molar-refractivity contribution in [2.45, 2.75) is 50.7 Å². The van der Waals surface area contributed by atoms with E-state index < -0.39 is 17.0 Å². The van der Waals surface area contributed by atoms with Crippen LogP contribution in [-0.4, -0.2) is 64.7 Å². The molecule has 7 heteroatoms. The van der Waals surface area contributed by atoms with Crippen LogP contribution in [0.15, 0.2) is 12.0 Å². The Morgan fingerprint density at radius 2 is 2.00 bits per heavy atom. The van der Waals surface area contributed by atoms with Crippen molar-refractivity contribution in [3.05, 3.63) is 12.0 Å². The van der Waals surface area contributed by atoms with Crippen LogP contribution in [0.2, 0.25) is 0 Å². The first kappa shape index (κ1) is 18.9. The van der Waals surface area contributed by atoms with Crippen molar-refractivity contribution in [3.8, 4) is 0 Å². The molecule has 1 amide bonds. The average molecular weight is 339 g/mol. The fourth-order valence-electron chi connectivity index (χ4n) is 2.68. The highest BCUT2D eigenvalue weighted by atomic mass is 16.5. The van der Waals surface area contributed by atoms with E-state index in [2.05, 4.69) is 5.32 Å². The molecule has 24 heavy (non-hydrogen) atoms. The molecule has 0 spiro atoms. The van der Waals surface area contributed by atoms with Crippen LogP contribution in [0.5, 0.6) is 0 Å². The molecule has 1 heterocycles. The summed E-state index contributed by atoms with van der Waals surface area (Å²) in [5, 5.41) is 29.8. The normalized spacial score (nSPS) is 21.6. The summed E-state index contributed by atoms with van der Waals surface area (Å²) in [5.41, 5.74) is -2.01. The molecule has 0 aromatic carbocycles. The first-order valence-electron chi connectivity index (χ1n) is 8.47. The molecule has 2 aliphatic rings. The van der Waals surface area contributed by atoms with E-state index in [4.69, 9.17) is 10.1 Å². The highest BCUT2D eigenvalue weighted by Crippen LogP contribution is 2.36. The minimum atomic E-state index is -1.13. The summed E-state index contributed by atoms with van der Waals surface area (Å²) in [6.07, 6.45) is 4.12. The summed E-state index contributed by atoms with van der Waals surface area (Å²) >= 11 is 0. The van der Waals surface area contributed by atoms with Crippen LogP contribution in [0.25, 0.3) is 0 Å². The van der Waals surface area contributed by atoms with Gasteiger partial charge in [-0.25, -0.2) is 0 Å². The maximum Gasteiger partial charge on any atom is 0.246 e. The second-order valence-electron chi connectivity index (χ2n) is 7.42. The van der Waals surface area contributed by atoms with Gasteiger partial charge in [-0.15, -0.1) is 0 Å². The third-order valence-corrected chi connectivity index (χ3v) is 5.13. The van der Waals surface area contributed by atoms with Crippen molar-refractivity contribution in [2.75, 3.05) is 26.8 Å². The predicted octanol–water partition coefficient (Wildman–Crippen LogP) is 1.18. The fourth-order valence-corrected chi connectivity index (χ4v) is 2.68. The second kappa shape index (κ2) is 7.21. The van der Waals surface area contributed by atoms with E-state index in [0.29, 0.717) is 18.8 Å². The minimum Gasteiger partial charge on any atom is -0.494 e. The summed E-state index contributed by atoms with van der Waals surface area (Å²) < 4.78 is 5.36. The van der Waals surface area contributed by atoms with Gasteiger partial charge in [-0.05, 0) is 52.5 Å². The van der Waals surface area contributed by atoms with Crippen LogP contribution >= 0.6 is 0 Å². The van der Waals surface area contributed by atoms with Gasteiger partial charge in [0, 0.05) is 25.8 Å². The van der Waals surface area contributed by atoms with Gasteiger partial charge in [-0.2, -0.15) is 0 Å². The van der Waals surface area contributed by atoms with Crippen LogP contribution in [0.4, 0.5) is 0 Å². The van der Waals surface area contributed by atoms with Crippen LogP contribution in [0.3, 0.4) is 0 Å². The molecule has 0 aromatic rings. The molecule has 0 atom stereocenters. The standard InChI is InChI=1S/C17H29N3O4/c1-16(2,20(3)11-12-4-8-24-9-5-12)15(22)19-14(21)10-13(18)17(23)6-7-17/h10,12,18,21,23H,4-9,11H2,1-3H3,(H,19,22)/b14-10-,18-13?. The van der Waals surface area contributed by atoms with E-state index in [1.807, 2.05) is 11.9 Å². The smallest absolute Gasteiger partial charge is 0.246 e. The highest BCUT2D eigenvalue weighted by molar-refractivity contribution is 6.02. The lowest BCUT2D eigenvalue weighted by atomic mass is 9.95. The van der Waals surface area contributed by atoms with Gasteiger partial charge < -0.3 is 20.4 Å². The lowest BCUT2D eigenvalue weighted by molar-refractivity contribution is -0.131. The van der Waals surface area contributed by atoms with Crippen LogP contribution in [0.1, 0.15) is 39.5 Å². The molecule has 0 unspecified atom stereocenters. The number of aliphatic hydroxyl groups is 2. The number of aliphatic hydroxyl groups excluding tert-OH is 1. The number of rotatable bonds is 7. The van der Waals surface area contributed by atoms with E-state index in [9.17, 15) is 15.0 Å². The quantitative estimate of drug-likeness (QED) is 0.412. The summed E-state index contributed by atoms with van der Waals surface area (Å²) in [7, 11) is 1.89. The van der Waals surface area contributed by atoms with Crippen LogP contribution in [0, 0.1) is 11.3 Å². The number of likely N-dealkylation sites (N-methyl/N-ethyl adjacent to an activating group) is 1. The fraction of sp³-hybridized carbons (Fsp3) is 0.765. The SMILES string of the molecule is CN(CC1CCOCC1)C(C)(C)C(=O)N/C(O)=C/C(=N)C1(O)CC1. The number of hydrogen-bond donors (Lipinski definition) is 4. The van der Waals surface area contributed by atoms with E-state index in [1.165, 1.54) is 0 Å². The Balaban J connectivity index is 1.90. The Labute approximate surface area is 143 Å². The molecule has 0 radical (unpaired) electrons. The number of nitrogens with zero attached hydrogens (tertiary/aromatic N) is 1. The largest absolute Gasteiger partial charge is 0.494 e. The molecule has 136 valence electrons. The summed E-state index contributed by atoms with van der Waals surface area (Å²) in [4.78, 5) is 14.5. The first-order chi connectivity index (χ1) is 11.1. The Kier molecular flexibility index (Phi) is 5.67. The highest BCUT2D eigenvalue weighted by Gasteiger charge is 2.44. The molecule has 0 aromatic heterocycles. The predicted molar refractivity (Wildman–Crippen MR) is 91.0 cm³/mol. The molecule has 0 bridgehead atoms. The molecule has 1 saturated carbocycles. The molecule has 1 saturated heterocycles. The van der Waals surface area contributed by atoms with Gasteiger partial charge in [0.25, 0.3) is 0 Å². The Morgan fingerprint density at radius 3 is 2.54 bits per heavy atom. The number of amides is 1. The van der Waals surface area contributed by atoms with E-state index >= 15 is 0 Å². The van der Waals surface area contributed by atoms with Crippen molar-refractivity contribution in [2.24, 2.45) is 5.92 Å². The summed E-state index contributed by atoms with van der Waals surface area (Å²) in [6, 6.07) is 0. The van der Waals surface area contributed by atoms with E-state index in [0.717, 1.165) is 38.7 Å². The van der Waals surface area contributed by atoms with Crippen LogP contribution in [-0.2, 0) is 9.53 Å². The van der Waals surface area contributed by atoms with Gasteiger partial charge in [-0.3, -0.25) is 15.0 Å². The first-order valence-corrected chi connectivity index (χ1v) is 8.47. The Morgan fingerprint density at radius 1 is 1.42 bits per heavy atom. The van der Waals surface area contributed by atoms with Gasteiger partial charge in [-0.1, -0.05) is 0 Å². The minimum absolute atomic E-state index is 0.0753. The monoisotopic (exact) mass is 339 g/mol. The second-order valence-corrected chi connectivity index (χ2v) is 7.42.